The van der Waals surface area contributed by atoms with E-state index in [1.807, 2.05) is 0 Å². The Labute approximate surface area is 573 Å². The molecule has 0 aliphatic carbocycles. The number of unbranched alkanes of at least 4 members (excludes halogenated alkanes) is 1. The summed E-state index contributed by atoms with van der Waals surface area (Å²) in [6, 6.07) is 125. The van der Waals surface area contributed by atoms with E-state index in [0.29, 0.717) is 0 Å². The van der Waals surface area contributed by atoms with Gasteiger partial charge in [0.1, 0.15) is 0 Å². The molecular formula is C96H74N2. The lowest BCUT2D eigenvalue weighted by molar-refractivity contribution is 0.423. The van der Waals surface area contributed by atoms with Gasteiger partial charge < -0.3 is 9.13 Å². The first-order valence-electron chi connectivity index (χ1n) is 34.7. The molecule has 468 valence electrons. The topological polar surface area (TPSA) is 9.86 Å². The van der Waals surface area contributed by atoms with Gasteiger partial charge in [0, 0.05) is 55.7 Å². The predicted molar refractivity (Wildman–Crippen MR) is 422 cm³/mol. The molecule has 0 unspecified atom stereocenters. The van der Waals surface area contributed by atoms with Crippen molar-refractivity contribution in [2.45, 2.75) is 52.6 Å². The van der Waals surface area contributed by atoms with Crippen molar-refractivity contribution in [3.8, 4) is 89.0 Å². The van der Waals surface area contributed by atoms with E-state index in [9.17, 15) is 0 Å². The third kappa shape index (κ3) is 10.6. The summed E-state index contributed by atoms with van der Waals surface area (Å²) in [5, 5.41) is 15.5. The molecule has 0 radical (unpaired) electrons. The van der Waals surface area contributed by atoms with Crippen LogP contribution >= 0.6 is 0 Å². The van der Waals surface area contributed by atoms with Gasteiger partial charge in [0.2, 0.25) is 0 Å². The van der Waals surface area contributed by atoms with E-state index in [-0.39, 0.29) is 5.54 Å². The summed E-state index contributed by atoms with van der Waals surface area (Å²) >= 11 is 0. The summed E-state index contributed by atoms with van der Waals surface area (Å²) in [4.78, 5) is 0. The van der Waals surface area contributed by atoms with Gasteiger partial charge in [-0.2, -0.15) is 0 Å². The molecule has 0 spiro atoms. The predicted octanol–water partition coefficient (Wildman–Crippen LogP) is 27.1. The van der Waals surface area contributed by atoms with Crippen LogP contribution in [0.3, 0.4) is 0 Å². The molecule has 18 rings (SSSR count). The van der Waals surface area contributed by atoms with Crippen molar-refractivity contribution in [2.75, 3.05) is 0 Å². The van der Waals surface area contributed by atoms with E-state index in [4.69, 9.17) is 0 Å². The number of nitrogens with zero attached hydrogens (tertiary/aromatic N) is 2. The molecule has 98 heavy (non-hydrogen) atoms. The van der Waals surface area contributed by atoms with Gasteiger partial charge in [0.05, 0.1) is 0 Å². The number of rotatable bonds is 11. The zero-order valence-electron chi connectivity index (χ0n) is 55.8. The number of para-hydroxylation sites is 2. The van der Waals surface area contributed by atoms with Crippen molar-refractivity contribution in [1.82, 2.24) is 9.13 Å². The lowest BCUT2D eigenvalue weighted by Gasteiger charge is -2.24. The van der Waals surface area contributed by atoms with Crippen LogP contribution in [0.1, 0.15) is 40.5 Å². The maximum Gasteiger partial charge on any atom is 0.0496 e. The molecule has 0 N–H and O–H groups in total. The fourth-order valence-electron chi connectivity index (χ4n) is 15.7. The quantitative estimate of drug-likeness (QED) is 0.114. The lowest BCUT2D eigenvalue weighted by atomic mass is 9.85. The summed E-state index contributed by atoms with van der Waals surface area (Å²) in [5.41, 5.74) is 25.1. The number of aromatic nitrogens is 2. The molecule has 0 saturated heterocycles. The number of aryl methyl sites for hydroxylation is 1. The number of benzene rings is 16. The third-order valence-electron chi connectivity index (χ3n) is 20.3. The molecule has 2 heteroatoms. The van der Waals surface area contributed by atoms with Crippen LogP contribution in [0.4, 0.5) is 0 Å². The van der Waals surface area contributed by atoms with Gasteiger partial charge in [-0.05, 0) is 196 Å². The molecule has 0 fully saturated rings. The molecule has 0 amide bonds. The Morgan fingerprint density at radius 3 is 0.816 bits per heavy atom. The second-order valence-electron chi connectivity index (χ2n) is 27.2. The Balaban J connectivity index is 0.000000152. The first kappa shape index (κ1) is 59.9. The first-order chi connectivity index (χ1) is 48.2. The second-order valence-corrected chi connectivity index (χ2v) is 27.2. The van der Waals surface area contributed by atoms with Crippen molar-refractivity contribution < 1.29 is 0 Å². The van der Waals surface area contributed by atoms with Gasteiger partial charge in [-0.1, -0.05) is 317 Å². The maximum absolute atomic E-state index is 2.50. The van der Waals surface area contributed by atoms with Crippen LogP contribution in [0.2, 0.25) is 0 Å². The number of fused-ring (bicyclic) bond motifs is 10. The fourth-order valence-corrected chi connectivity index (χ4v) is 15.7. The van der Waals surface area contributed by atoms with Crippen molar-refractivity contribution in [1.29, 1.82) is 0 Å². The second kappa shape index (κ2) is 25.1. The highest BCUT2D eigenvalue weighted by molar-refractivity contribution is 6.23. The van der Waals surface area contributed by atoms with E-state index in [1.54, 1.807) is 0 Å². The average Bonchev–Trinajstić information content (AvgIpc) is 0.833. The summed E-state index contributed by atoms with van der Waals surface area (Å²) < 4.78 is 4.97. The summed E-state index contributed by atoms with van der Waals surface area (Å²) in [6.07, 6.45) is 2.38. The van der Waals surface area contributed by atoms with E-state index in [1.165, 1.54) is 189 Å². The van der Waals surface area contributed by atoms with Crippen LogP contribution in [0.15, 0.2) is 340 Å². The zero-order valence-corrected chi connectivity index (χ0v) is 55.8. The average molecular weight is 1260 g/mol. The molecule has 2 nitrogen and oxygen atoms in total. The lowest BCUT2D eigenvalue weighted by Crippen LogP contribution is -2.21. The van der Waals surface area contributed by atoms with Crippen molar-refractivity contribution in [2.24, 2.45) is 0 Å². The minimum absolute atomic E-state index is 0.0229. The van der Waals surface area contributed by atoms with Gasteiger partial charge in [0.15, 0.2) is 0 Å². The summed E-state index contributed by atoms with van der Waals surface area (Å²) in [7, 11) is 0. The fraction of sp³-hybridized carbons (Fsp3) is 0.0833. The molecule has 2 heterocycles. The van der Waals surface area contributed by atoms with E-state index in [2.05, 4.69) is 377 Å². The molecule has 0 atom stereocenters. The molecule has 16 aromatic carbocycles. The van der Waals surface area contributed by atoms with Crippen LogP contribution in [0, 0.1) is 0 Å². The Bertz CT molecular complexity index is 5890. The number of hydrogen-bond donors (Lipinski definition) is 0. The van der Waals surface area contributed by atoms with Gasteiger partial charge in [-0.15, -0.1) is 0 Å². The van der Waals surface area contributed by atoms with Crippen molar-refractivity contribution in [3.63, 3.8) is 0 Å². The van der Waals surface area contributed by atoms with Crippen LogP contribution < -0.4 is 0 Å². The third-order valence-corrected chi connectivity index (χ3v) is 20.3. The minimum Gasteiger partial charge on any atom is -0.340 e. The Morgan fingerprint density at radius 2 is 0.449 bits per heavy atom. The highest BCUT2D eigenvalue weighted by Crippen LogP contribution is 2.47. The monoisotopic (exact) mass is 1250 g/mol. The Morgan fingerprint density at radius 1 is 0.214 bits per heavy atom. The highest BCUT2D eigenvalue weighted by atomic mass is 15.0. The van der Waals surface area contributed by atoms with E-state index < -0.39 is 0 Å². The molecule has 0 saturated carbocycles. The first-order valence-corrected chi connectivity index (χ1v) is 34.7. The molecule has 0 bridgehead atoms. The SMILES string of the molecule is CC(C)(C)n1c2ccccc2c2cc(-c3ccc(-c4c5ccccc5c(-c5ccc(-c6ccc(-c7ccccc7)cc6)cc5)c5ccccc45)cc3)ccc21.CCCCn1c2ccccc2c2cc(-c3ccc(-c4c5ccccc5c(-c5ccccc5)c5ccccc45)cc3)ccc21. The van der Waals surface area contributed by atoms with Gasteiger partial charge >= 0.3 is 0 Å². The Hall–Kier alpha value is -11.8. The summed E-state index contributed by atoms with van der Waals surface area (Å²) in [5.74, 6) is 0. The maximum atomic E-state index is 2.50. The minimum atomic E-state index is -0.0229. The highest BCUT2D eigenvalue weighted by Gasteiger charge is 2.23. The van der Waals surface area contributed by atoms with Crippen molar-refractivity contribution in [3.05, 3.63) is 340 Å². The van der Waals surface area contributed by atoms with Crippen LogP contribution in [-0.2, 0) is 12.1 Å². The van der Waals surface area contributed by atoms with Crippen LogP contribution in [-0.4, -0.2) is 9.13 Å². The normalized spacial score (nSPS) is 11.8. The van der Waals surface area contributed by atoms with E-state index in [0.717, 1.165) is 6.54 Å². The molecular weight excluding hydrogens is 1180 g/mol. The standard InChI is InChI=1S/C54H41N.C42H33N/c1-54(2,3)55-50-20-12-11-15-44(50)49-35-43(33-34-51(49)55)40-27-31-42(32-28-40)53-47-18-9-7-16-45(47)52(46-17-8-10-19-48(46)53)41-29-25-39(26-30-41)38-23-21-37(22-24-38)36-13-5-4-6-14-36;1-2-3-27-43-39-20-12-11-15-33(39)38-28-32(25-26-40(38)43)29-21-23-31(24-22-29)42-36-18-9-7-16-34(36)41(30-13-5-4-6-14-30)35-17-8-10-19-37(35)42/h4-35H,1-3H3;4-26,28H,2-3,27H2,1H3. The van der Waals surface area contributed by atoms with Crippen LogP contribution in [0.25, 0.3) is 176 Å². The smallest absolute Gasteiger partial charge is 0.0496 e. The largest absolute Gasteiger partial charge is 0.340 e. The Kier molecular flexibility index (Phi) is 15.3. The number of hydrogen-bond acceptors (Lipinski definition) is 0. The molecule has 0 aliphatic heterocycles. The summed E-state index contributed by atoms with van der Waals surface area (Å²) in [6.45, 7) is 10.2. The molecule has 0 aliphatic rings. The van der Waals surface area contributed by atoms with Crippen molar-refractivity contribution >= 4 is 86.7 Å². The molecule has 18 aromatic rings. The van der Waals surface area contributed by atoms with Gasteiger partial charge in [-0.3, -0.25) is 0 Å². The molecule has 2 aromatic heterocycles. The zero-order chi connectivity index (χ0) is 65.8. The van der Waals surface area contributed by atoms with E-state index >= 15 is 0 Å². The van der Waals surface area contributed by atoms with Crippen LogP contribution in [0.5, 0.6) is 0 Å². The van der Waals surface area contributed by atoms with Gasteiger partial charge in [0.25, 0.3) is 0 Å². The van der Waals surface area contributed by atoms with Gasteiger partial charge in [-0.25, -0.2) is 0 Å².